The summed E-state index contributed by atoms with van der Waals surface area (Å²) in [5.41, 5.74) is 0.681. The molecule has 3 N–H and O–H groups in total. The van der Waals surface area contributed by atoms with Gasteiger partial charge < -0.3 is 20.2 Å². The van der Waals surface area contributed by atoms with Gasteiger partial charge in [-0.3, -0.25) is 9.59 Å². The van der Waals surface area contributed by atoms with E-state index in [-0.39, 0.29) is 27.2 Å². The van der Waals surface area contributed by atoms with Gasteiger partial charge in [0.15, 0.2) is 5.58 Å². The molecule has 8 heteroatoms. The van der Waals surface area contributed by atoms with E-state index in [1.54, 1.807) is 32.9 Å². The zero-order valence-corrected chi connectivity index (χ0v) is 17.8. The van der Waals surface area contributed by atoms with Crippen LogP contribution in [0.5, 0.6) is 0 Å². The largest absolute Gasteiger partial charge is 0.459 e. The normalized spacial score (nSPS) is 11.6. The molecular weight excluding hydrogens is 415 g/mol. The molecule has 2 amide bonds. The number of halogens is 2. The Kier molecular flexibility index (Phi) is 5.63. The molecule has 0 aliphatic rings. The first-order chi connectivity index (χ1) is 13.5. The Hall–Kier alpha value is -2.54. The molecule has 29 heavy (non-hydrogen) atoms. The Morgan fingerprint density at radius 1 is 1.07 bits per heavy atom. The standard InChI is InChI=1S/C21H20Cl2N2O4/c1-10-17(21(3,4)28)12-6-5-7-15(19(12)29-10)25-20(27)16-13(22)8-9-14(18(16)23)24-11(2)26/h5-9,28H,1-4H3,(H,24,26)(H,25,27). The number of aryl methyl sites for hydroxylation is 1. The molecule has 0 aliphatic heterocycles. The highest BCUT2D eigenvalue weighted by atomic mass is 35.5. The van der Waals surface area contributed by atoms with Gasteiger partial charge in [0.2, 0.25) is 5.91 Å². The van der Waals surface area contributed by atoms with E-state index in [0.717, 1.165) is 0 Å². The molecule has 6 nitrogen and oxygen atoms in total. The molecule has 152 valence electrons. The van der Waals surface area contributed by atoms with Crippen molar-refractivity contribution in [1.29, 1.82) is 0 Å². The number of hydrogen-bond donors (Lipinski definition) is 3. The highest BCUT2D eigenvalue weighted by Crippen LogP contribution is 2.38. The molecule has 0 atom stereocenters. The maximum atomic E-state index is 12.9. The number of anilines is 2. The second kappa shape index (κ2) is 7.71. The van der Waals surface area contributed by atoms with E-state index in [1.165, 1.54) is 19.1 Å². The Bertz CT molecular complexity index is 1130. The van der Waals surface area contributed by atoms with Crippen LogP contribution in [0.25, 0.3) is 11.0 Å². The number of para-hydroxylation sites is 1. The second-order valence-corrected chi connectivity index (χ2v) is 7.98. The fourth-order valence-corrected chi connectivity index (χ4v) is 3.92. The van der Waals surface area contributed by atoms with Crippen molar-refractivity contribution in [2.24, 2.45) is 0 Å². The van der Waals surface area contributed by atoms with Crippen molar-refractivity contribution < 1.29 is 19.1 Å². The van der Waals surface area contributed by atoms with E-state index in [1.807, 2.05) is 6.07 Å². The molecule has 1 heterocycles. The van der Waals surface area contributed by atoms with Crippen LogP contribution in [-0.2, 0) is 10.4 Å². The summed E-state index contributed by atoms with van der Waals surface area (Å²) in [5.74, 6) is -0.327. The minimum atomic E-state index is -1.11. The van der Waals surface area contributed by atoms with Crippen molar-refractivity contribution in [2.75, 3.05) is 10.6 Å². The van der Waals surface area contributed by atoms with Crippen LogP contribution in [0.2, 0.25) is 10.0 Å². The number of carbonyl (C=O) groups excluding carboxylic acids is 2. The zero-order valence-electron chi connectivity index (χ0n) is 16.3. The number of benzene rings is 2. The van der Waals surface area contributed by atoms with E-state index in [2.05, 4.69) is 10.6 Å². The van der Waals surface area contributed by atoms with Gasteiger partial charge in [0.1, 0.15) is 5.76 Å². The van der Waals surface area contributed by atoms with Gasteiger partial charge in [-0.05, 0) is 39.0 Å². The van der Waals surface area contributed by atoms with Crippen LogP contribution >= 0.6 is 23.2 Å². The summed E-state index contributed by atoms with van der Waals surface area (Å²) in [7, 11) is 0. The number of aliphatic hydroxyl groups is 1. The highest BCUT2D eigenvalue weighted by molar-refractivity contribution is 6.42. The van der Waals surface area contributed by atoms with Crippen LogP contribution in [0.1, 0.15) is 42.5 Å². The van der Waals surface area contributed by atoms with Gasteiger partial charge in [-0.25, -0.2) is 0 Å². The van der Waals surface area contributed by atoms with Crippen LogP contribution in [0, 0.1) is 6.92 Å². The van der Waals surface area contributed by atoms with Gasteiger partial charge in [-0.15, -0.1) is 0 Å². The van der Waals surface area contributed by atoms with Crippen LogP contribution < -0.4 is 10.6 Å². The molecule has 0 aliphatic carbocycles. The lowest BCUT2D eigenvalue weighted by atomic mass is 9.95. The number of fused-ring (bicyclic) bond motifs is 1. The summed E-state index contributed by atoms with van der Waals surface area (Å²) in [6.45, 7) is 6.43. The molecule has 0 unspecified atom stereocenters. The van der Waals surface area contributed by atoms with Gasteiger partial charge in [0, 0.05) is 17.9 Å². The van der Waals surface area contributed by atoms with Gasteiger partial charge in [-0.1, -0.05) is 35.3 Å². The van der Waals surface area contributed by atoms with Gasteiger partial charge in [-0.2, -0.15) is 0 Å². The van der Waals surface area contributed by atoms with Crippen LogP contribution in [0.4, 0.5) is 11.4 Å². The number of nitrogens with one attached hydrogen (secondary N) is 2. The van der Waals surface area contributed by atoms with E-state index in [9.17, 15) is 14.7 Å². The number of hydrogen-bond acceptors (Lipinski definition) is 4. The minimum Gasteiger partial charge on any atom is -0.459 e. The summed E-state index contributed by atoms with van der Waals surface area (Å²) < 4.78 is 5.83. The molecule has 0 saturated carbocycles. The molecule has 0 spiro atoms. The second-order valence-electron chi connectivity index (χ2n) is 7.19. The third kappa shape index (κ3) is 4.10. The number of furan rings is 1. The molecule has 2 aromatic carbocycles. The molecule has 3 aromatic rings. The van der Waals surface area contributed by atoms with Crippen molar-refractivity contribution >= 4 is 57.4 Å². The maximum absolute atomic E-state index is 12.9. The SMILES string of the molecule is CC(=O)Nc1ccc(Cl)c(C(=O)Nc2cccc3c(C(C)(C)O)c(C)oc23)c1Cl. The zero-order chi connectivity index (χ0) is 21.5. The van der Waals surface area contributed by atoms with Crippen molar-refractivity contribution in [3.05, 3.63) is 57.3 Å². The van der Waals surface area contributed by atoms with Crippen LogP contribution in [0.3, 0.4) is 0 Å². The fraction of sp³-hybridized carbons (Fsp3) is 0.238. The molecule has 0 saturated heterocycles. The van der Waals surface area contributed by atoms with Gasteiger partial charge in [0.05, 0.1) is 32.6 Å². The summed E-state index contributed by atoms with van der Waals surface area (Å²) >= 11 is 12.5. The Morgan fingerprint density at radius 3 is 2.38 bits per heavy atom. The fourth-order valence-electron chi connectivity index (χ4n) is 3.33. The molecule has 0 fully saturated rings. The quantitative estimate of drug-likeness (QED) is 0.506. The molecule has 0 bridgehead atoms. The van der Waals surface area contributed by atoms with Crippen LogP contribution in [0.15, 0.2) is 34.7 Å². The molecule has 0 radical (unpaired) electrons. The summed E-state index contributed by atoms with van der Waals surface area (Å²) in [6, 6.07) is 8.24. The predicted octanol–water partition coefficient (Wildman–Crippen LogP) is 5.49. The van der Waals surface area contributed by atoms with Gasteiger partial charge >= 0.3 is 0 Å². The maximum Gasteiger partial charge on any atom is 0.258 e. The first kappa shape index (κ1) is 21.2. The van der Waals surface area contributed by atoms with E-state index in [4.69, 9.17) is 27.6 Å². The first-order valence-corrected chi connectivity index (χ1v) is 9.58. The van der Waals surface area contributed by atoms with E-state index in [0.29, 0.717) is 28.0 Å². The van der Waals surface area contributed by atoms with E-state index < -0.39 is 11.5 Å². The molecule has 3 rings (SSSR count). The molecule has 1 aromatic heterocycles. The minimum absolute atomic E-state index is 0.0302. The Labute approximate surface area is 177 Å². The third-order valence-corrected chi connectivity index (χ3v) is 5.09. The lowest BCUT2D eigenvalue weighted by molar-refractivity contribution is -0.114. The van der Waals surface area contributed by atoms with Crippen molar-refractivity contribution in [1.82, 2.24) is 0 Å². The van der Waals surface area contributed by atoms with E-state index >= 15 is 0 Å². The van der Waals surface area contributed by atoms with Crippen LogP contribution in [-0.4, -0.2) is 16.9 Å². The molecular formula is C21H20Cl2N2O4. The topological polar surface area (TPSA) is 91.6 Å². The highest BCUT2D eigenvalue weighted by Gasteiger charge is 2.27. The Morgan fingerprint density at radius 2 is 1.76 bits per heavy atom. The summed E-state index contributed by atoms with van der Waals surface area (Å²) in [6.07, 6.45) is 0. The Balaban J connectivity index is 2.05. The lowest BCUT2D eigenvalue weighted by Crippen LogP contribution is -2.16. The van der Waals surface area contributed by atoms with Crippen molar-refractivity contribution in [3.63, 3.8) is 0 Å². The summed E-state index contributed by atoms with van der Waals surface area (Å²) in [5, 5.41) is 16.7. The predicted molar refractivity (Wildman–Crippen MR) is 115 cm³/mol. The number of amides is 2. The van der Waals surface area contributed by atoms with Gasteiger partial charge in [0.25, 0.3) is 5.91 Å². The smallest absolute Gasteiger partial charge is 0.258 e. The lowest BCUT2D eigenvalue weighted by Gasteiger charge is -2.17. The van der Waals surface area contributed by atoms with Crippen molar-refractivity contribution in [3.8, 4) is 0 Å². The number of rotatable bonds is 4. The first-order valence-electron chi connectivity index (χ1n) is 8.82. The summed E-state index contributed by atoms with van der Waals surface area (Å²) in [4.78, 5) is 24.3. The van der Waals surface area contributed by atoms with Crippen molar-refractivity contribution in [2.45, 2.75) is 33.3 Å². The average molecular weight is 435 g/mol. The average Bonchev–Trinajstić information content (AvgIpc) is 2.94. The monoisotopic (exact) mass is 434 g/mol. The number of carbonyl (C=O) groups is 2. The third-order valence-electron chi connectivity index (χ3n) is 4.38.